The highest BCUT2D eigenvalue weighted by Gasteiger charge is 2.26. The van der Waals surface area contributed by atoms with E-state index in [-0.39, 0.29) is 43.7 Å². The molecule has 2 heterocycles. The van der Waals surface area contributed by atoms with Crippen LogP contribution in [0.15, 0.2) is 91.1 Å². The molecular weight excluding hydrogens is 454 g/mol. The maximum absolute atomic E-state index is 12.8. The Morgan fingerprint density at radius 1 is 0.889 bits per heavy atom. The number of hydrogen-bond donors (Lipinski definition) is 2. The Morgan fingerprint density at radius 2 is 1.58 bits per heavy atom. The third kappa shape index (κ3) is 5.02. The molecule has 0 radical (unpaired) electrons. The fourth-order valence-electron chi connectivity index (χ4n) is 4.18. The number of rotatable bonds is 7. The van der Waals surface area contributed by atoms with Crippen molar-refractivity contribution in [3.63, 3.8) is 0 Å². The summed E-state index contributed by atoms with van der Waals surface area (Å²) in [5.74, 6) is -0.769. The van der Waals surface area contributed by atoms with Crippen LogP contribution < -0.4 is 15.5 Å². The van der Waals surface area contributed by atoms with Crippen molar-refractivity contribution in [1.29, 1.82) is 0 Å². The van der Waals surface area contributed by atoms with E-state index in [9.17, 15) is 14.4 Å². The quantitative estimate of drug-likeness (QED) is 0.420. The van der Waals surface area contributed by atoms with Crippen LogP contribution in [0.2, 0.25) is 0 Å². The minimum atomic E-state index is -0.269. The summed E-state index contributed by atoms with van der Waals surface area (Å²) in [6.45, 7) is 0.218. The summed E-state index contributed by atoms with van der Waals surface area (Å²) in [4.78, 5) is 38.9. The summed E-state index contributed by atoms with van der Waals surface area (Å²) in [6, 6.07) is 26.7. The van der Waals surface area contributed by atoms with E-state index < -0.39 is 0 Å². The van der Waals surface area contributed by atoms with Gasteiger partial charge in [-0.15, -0.1) is 0 Å². The standard InChI is InChI=1S/C28H25N5O3/c34-25(15-16-27(36)32-19-26(35)30-23-13-7-8-14-24(23)32)29-17-21-18-33(22-11-5-2-6-12-22)31-28(21)20-9-3-1-4-10-20/h1-14,18H,15-17,19H2,(H,29,34)(H,30,35). The van der Waals surface area contributed by atoms with E-state index in [0.717, 1.165) is 22.5 Å². The number of nitrogens with one attached hydrogen (secondary N) is 2. The normalized spacial score (nSPS) is 12.6. The molecule has 5 rings (SSSR count). The first-order valence-corrected chi connectivity index (χ1v) is 11.7. The monoisotopic (exact) mass is 479 g/mol. The van der Waals surface area contributed by atoms with Gasteiger partial charge in [-0.3, -0.25) is 14.4 Å². The lowest BCUT2D eigenvalue weighted by Gasteiger charge is -2.29. The van der Waals surface area contributed by atoms with Gasteiger partial charge in [0.05, 0.1) is 22.8 Å². The molecule has 180 valence electrons. The molecule has 8 nitrogen and oxygen atoms in total. The fourth-order valence-corrected chi connectivity index (χ4v) is 4.18. The van der Waals surface area contributed by atoms with Gasteiger partial charge in [0.1, 0.15) is 6.54 Å². The average molecular weight is 480 g/mol. The summed E-state index contributed by atoms with van der Waals surface area (Å²) in [7, 11) is 0. The van der Waals surface area contributed by atoms with Crippen molar-refractivity contribution in [1.82, 2.24) is 15.1 Å². The molecule has 3 amide bonds. The molecule has 0 atom stereocenters. The zero-order chi connectivity index (χ0) is 24.9. The van der Waals surface area contributed by atoms with E-state index in [0.29, 0.717) is 11.4 Å². The molecule has 1 aromatic heterocycles. The first-order chi connectivity index (χ1) is 17.6. The van der Waals surface area contributed by atoms with E-state index in [1.165, 1.54) is 4.90 Å². The van der Waals surface area contributed by atoms with Crippen LogP contribution in [0.1, 0.15) is 18.4 Å². The summed E-state index contributed by atoms with van der Waals surface area (Å²) >= 11 is 0. The zero-order valence-electron chi connectivity index (χ0n) is 19.6. The Morgan fingerprint density at radius 3 is 2.36 bits per heavy atom. The van der Waals surface area contributed by atoms with Crippen LogP contribution in [-0.2, 0) is 20.9 Å². The Labute approximate surface area is 208 Å². The topological polar surface area (TPSA) is 96.3 Å². The summed E-state index contributed by atoms with van der Waals surface area (Å²) in [5.41, 5.74) is 4.76. The lowest BCUT2D eigenvalue weighted by molar-refractivity contribution is -0.125. The van der Waals surface area contributed by atoms with E-state index >= 15 is 0 Å². The van der Waals surface area contributed by atoms with E-state index in [2.05, 4.69) is 10.6 Å². The van der Waals surface area contributed by atoms with Crippen molar-refractivity contribution in [3.05, 3.63) is 96.7 Å². The van der Waals surface area contributed by atoms with E-state index in [1.807, 2.05) is 72.9 Å². The molecule has 0 saturated carbocycles. The lowest BCUT2D eigenvalue weighted by atomic mass is 10.1. The van der Waals surface area contributed by atoms with Gasteiger partial charge < -0.3 is 15.5 Å². The van der Waals surface area contributed by atoms with Gasteiger partial charge in [0.15, 0.2) is 0 Å². The third-order valence-corrected chi connectivity index (χ3v) is 5.97. The van der Waals surface area contributed by atoms with Crippen molar-refractivity contribution in [2.45, 2.75) is 19.4 Å². The van der Waals surface area contributed by atoms with Gasteiger partial charge in [-0.2, -0.15) is 5.10 Å². The van der Waals surface area contributed by atoms with Gasteiger partial charge in [-0.1, -0.05) is 60.7 Å². The van der Waals surface area contributed by atoms with E-state index in [4.69, 9.17) is 5.10 Å². The van der Waals surface area contributed by atoms with Crippen LogP contribution in [0, 0.1) is 0 Å². The molecule has 0 aliphatic carbocycles. The molecule has 0 fully saturated rings. The number of carbonyl (C=O) groups excluding carboxylic acids is 3. The summed E-state index contributed by atoms with van der Waals surface area (Å²) in [5, 5.41) is 10.4. The fraction of sp³-hybridized carbons (Fsp3) is 0.143. The number of nitrogens with zero attached hydrogens (tertiary/aromatic N) is 3. The number of fused-ring (bicyclic) bond motifs is 1. The number of aromatic nitrogens is 2. The van der Waals surface area contributed by atoms with Gasteiger partial charge >= 0.3 is 0 Å². The molecule has 0 bridgehead atoms. The first-order valence-electron chi connectivity index (χ1n) is 11.7. The predicted octanol–water partition coefficient (Wildman–Crippen LogP) is 3.92. The SMILES string of the molecule is O=C(CCC(=O)N1CC(=O)Nc2ccccc21)NCc1cn(-c2ccccc2)nc1-c1ccccc1. The van der Waals surface area contributed by atoms with Crippen LogP contribution in [0.3, 0.4) is 0 Å². The number of benzene rings is 3. The zero-order valence-corrected chi connectivity index (χ0v) is 19.6. The Hall–Kier alpha value is -4.72. The van der Waals surface area contributed by atoms with Gasteiger partial charge in [0.25, 0.3) is 0 Å². The minimum absolute atomic E-state index is 0.00225. The Bertz CT molecular complexity index is 1400. The molecule has 3 aromatic carbocycles. The van der Waals surface area contributed by atoms with Crippen molar-refractivity contribution >= 4 is 29.1 Å². The van der Waals surface area contributed by atoms with Crippen LogP contribution in [-0.4, -0.2) is 34.0 Å². The summed E-state index contributed by atoms with van der Waals surface area (Å²) < 4.78 is 1.80. The second kappa shape index (κ2) is 10.3. The van der Waals surface area contributed by atoms with Crippen LogP contribution in [0.25, 0.3) is 16.9 Å². The lowest BCUT2D eigenvalue weighted by Crippen LogP contribution is -2.42. The minimum Gasteiger partial charge on any atom is -0.352 e. The number of amides is 3. The van der Waals surface area contributed by atoms with Gasteiger partial charge in [0, 0.05) is 36.7 Å². The highest BCUT2D eigenvalue weighted by molar-refractivity contribution is 6.10. The van der Waals surface area contributed by atoms with E-state index in [1.54, 1.807) is 22.9 Å². The largest absolute Gasteiger partial charge is 0.352 e. The maximum Gasteiger partial charge on any atom is 0.244 e. The summed E-state index contributed by atoms with van der Waals surface area (Å²) in [6.07, 6.45) is 1.93. The number of anilines is 2. The number of para-hydroxylation sites is 3. The van der Waals surface area contributed by atoms with Crippen LogP contribution in [0.5, 0.6) is 0 Å². The Kier molecular flexibility index (Phi) is 6.57. The molecule has 1 aliphatic rings. The highest BCUT2D eigenvalue weighted by Crippen LogP contribution is 2.29. The van der Waals surface area contributed by atoms with Gasteiger partial charge in [0.2, 0.25) is 17.7 Å². The van der Waals surface area contributed by atoms with Crippen molar-refractivity contribution < 1.29 is 14.4 Å². The molecular formula is C28H25N5O3. The highest BCUT2D eigenvalue weighted by atomic mass is 16.2. The maximum atomic E-state index is 12.8. The molecule has 36 heavy (non-hydrogen) atoms. The van der Waals surface area contributed by atoms with Crippen molar-refractivity contribution in [2.24, 2.45) is 0 Å². The second-order valence-electron chi connectivity index (χ2n) is 8.47. The average Bonchev–Trinajstić information content (AvgIpc) is 3.35. The first kappa shape index (κ1) is 23.0. The van der Waals surface area contributed by atoms with Crippen molar-refractivity contribution in [3.8, 4) is 16.9 Å². The third-order valence-electron chi connectivity index (χ3n) is 5.97. The smallest absolute Gasteiger partial charge is 0.244 e. The molecule has 8 heteroatoms. The molecule has 0 spiro atoms. The number of carbonyl (C=O) groups is 3. The Balaban J connectivity index is 1.25. The molecule has 0 saturated heterocycles. The van der Waals surface area contributed by atoms with Gasteiger partial charge in [-0.25, -0.2) is 4.68 Å². The molecule has 2 N–H and O–H groups in total. The van der Waals surface area contributed by atoms with Gasteiger partial charge in [-0.05, 0) is 24.3 Å². The molecule has 4 aromatic rings. The van der Waals surface area contributed by atoms with Crippen LogP contribution in [0.4, 0.5) is 11.4 Å². The number of hydrogen-bond acceptors (Lipinski definition) is 4. The van der Waals surface area contributed by atoms with Crippen molar-refractivity contribution in [2.75, 3.05) is 16.8 Å². The second-order valence-corrected chi connectivity index (χ2v) is 8.47. The van der Waals surface area contributed by atoms with Crippen LogP contribution >= 0.6 is 0 Å². The molecule has 0 unspecified atom stereocenters. The predicted molar refractivity (Wildman–Crippen MR) is 138 cm³/mol. The molecule has 1 aliphatic heterocycles.